The van der Waals surface area contributed by atoms with Gasteiger partial charge in [0.25, 0.3) is 0 Å². The molecule has 3 heteroatoms. The van der Waals surface area contributed by atoms with Crippen molar-refractivity contribution in [3.8, 4) is 0 Å². The first-order valence-corrected chi connectivity index (χ1v) is 5.89. The molecule has 14 heavy (non-hydrogen) atoms. The van der Waals surface area contributed by atoms with Gasteiger partial charge in [0.1, 0.15) is 0 Å². The number of aliphatic hydroxyl groups excluding tert-OH is 1. The van der Waals surface area contributed by atoms with Crippen LogP contribution in [-0.4, -0.2) is 17.8 Å². The van der Waals surface area contributed by atoms with Gasteiger partial charge in [-0.3, -0.25) is 0 Å². The average molecular weight is 213 g/mol. The van der Waals surface area contributed by atoms with Crippen LogP contribution in [0.2, 0.25) is 0 Å². The molecule has 1 atom stereocenters. The van der Waals surface area contributed by atoms with Gasteiger partial charge in [-0.2, -0.15) is 0 Å². The molecular weight excluding hydrogens is 194 g/mol. The zero-order chi connectivity index (χ0) is 10.6. The second-order valence-electron chi connectivity index (χ2n) is 3.61. The molecule has 0 bridgehead atoms. The summed E-state index contributed by atoms with van der Waals surface area (Å²) >= 11 is 1.83. The average Bonchev–Trinajstić information content (AvgIpc) is 2.47. The molecule has 80 valence electrons. The zero-order valence-electron chi connectivity index (χ0n) is 9.13. The van der Waals surface area contributed by atoms with Crippen molar-refractivity contribution >= 4 is 11.3 Å². The molecule has 0 aromatic carbocycles. The monoisotopic (exact) mass is 213 g/mol. The van der Waals surface area contributed by atoms with E-state index in [1.54, 1.807) is 0 Å². The zero-order valence-corrected chi connectivity index (χ0v) is 9.95. The first kappa shape index (κ1) is 11.7. The fraction of sp³-hybridized carbons (Fsp3) is 0.636. The molecular formula is C11H19NOS. The summed E-state index contributed by atoms with van der Waals surface area (Å²) in [5.74, 6) is 0. The molecule has 0 aliphatic rings. The maximum absolute atomic E-state index is 9.02. The van der Waals surface area contributed by atoms with Crippen LogP contribution < -0.4 is 5.32 Å². The summed E-state index contributed by atoms with van der Waals surface area (Å²) in [5.41, 5.74) is 1.36. The highest BCUT2D eigenvalue weighted by Crippen LogP contribution is 2.20. The van der Waals surface area contributed by atoms with Crippen molar-refractivity contribution in [2.24, 2.45) is 0 Å². The van der Waals surface area contributed by atoms with Gasteiger partial charge in [-0.25, -0.2) is 0 Å². The van der Waals surface area contributed by atoms with E-state index in [1.165, 1.54) is 15.3 Å². The molecule has 2 nitrogen and oxygen atoms in total. The minimum Gasteiger partial charge on any atom is -0.395 e. The van der Waals surface area contributed by atoms with Crippen LogP contribution in [0.3, 0.4) is 0 Å². The Bertz CT molecular complexity index is 279. The van der Waals surface area contributed by atoms with Crippen LogP contribution in [0.5, 0.6) is 0 Å². The SMILES string of the molecule is CCC(CO)NCc1cc(C)sc1C. The van der Waals surface area contributed by atoms with Crippen LogP contribution in [-0.2, 0) is 6.54 Å². The summed E-state index contributed by atoms with van der Waals surface area (Å²) in [6, 6.07) is 2.45. The van der Waals surface area contributed by atoms with E-state index < -0.39 is 0 Å². The standard InChI is InChI=1S/C11H19NOS/c1-4-11(7-13)12-6-10-5-8(2)14-9(10)3/h5,11-13H,4,6-7H2,1-3H3. The molecule has 0 saturated carbocycles. The van der Waals surface area contributed by atoms with Gasteiger partial charge in [0, 0.05) is 22.3 Å². The second kappa shape index (κ2) is 5.49. The lowest BCUT2D eigenvalue weighted by Gasteiger charge is -2.13. The van der Waals surface area contributed by atoms with Gasteiger partial charge in [0.2, 0.25) is 0 Å². The molecule has 0 spiro atoms. The highest BCUT2D eigenvalue weighted by atomic mass is 32.1. The third-order valence-corrected chi connectivity index (χ3v) is 3.45. The second-order valence-corrected chi connectivity index (χ2v) is 5.07. The Morgan fingerprint density at radius 1 is 1.50 bits per heavy atom. The Kier molecular flexibility index (Phi) is 4.58. The number of hydrogen-bond acceptors (Lipinski definition) is 3. The lowest BCUT2D eigenvalue weighted by molar-refractivity contribution is 0.238. The minimum absolute atomic E-state index is 0.221. The van der Waals surface area contributed by atoms with Crippen molar-refractivity contribution in [2.75, 3.05) is 6.61 Å². The highest BCUT2D eigenvalue weighted by molar-refractivity contribution is 7.12. The van der Waals surface area contributed by atoms with Crippen molar-refractivity contribution in [2.45, 2.75) is 39.8 Å². The molecule has 0 radical (unpaired) electrons. The lowest BCUT2D eigenvalue weighted by Crippen LogP contribution is -2.31. The van der Waals surface area contributed by atoms with E-state index in [1.807, 2.05) is 11.3 Å². The van der Waals surface area contributed by atoms with E-state index in [-0.39, 0.29) is 12.6 Å². The molecule has 0 fully saturated rings. The van der Waals surface area contributed by atoms with Crippen LogP contribution in [0.4, 0.5) is 0 Å². The van der Waals surface area contributed by atoms with Crippen LogP contribution >= 0.6 is 11.3 Å². The number of thiophene rings is 1. The predicted molar refractivity (Wildman–Crippen MR) is 61.8 cm³/mol. The molecule has 2 N–H and O–H groups in total. The predicted octanol–water partition coefficient (Wildman–Crippen LogP) is 2.23. The first-order chi connectivity index (χ1) is 6.67. The van der Waals surface area contributed by atoms with E-state index in [9.17, 15) is 0 Å². The molecule has 1 aromatic rings. The van der Waals surface area contributed by atoms with Gasteiger partial charge in [0.15, 0.2) is 0 Å². The Labute approximate surface area is 90.0 Å². The first-order valence-electron chi connectivity index (χ1n) is 5.07. The van der Waals surface area contributed by atoms with Crippen LogP contribution in [0, 0.1) is 13.8 Å². The number of rotatable bonds is 5. The molecule has 1 unspecified atom stereocenters. The van der Waals surface area contributed by atoms with Gasteiger partial charge < -0.3 is 10.4 Å². The van der Waals surface area contributed by atoms with E-state index >= 15 is 0 Å². The summed E-state index contributed by atoms with van der Waals surface area (Å²) in [7, 11) is 0. The minimum atomic E-state index is 0.221. The number of hydrogen-bond donors (Lipinski definition) is 2. The lowest BCUT2D eigenvalue weighted by atomic mass is 10.2. The van der Waals surface area contributed by atoms with E-state index in [4.69, 9.17) is 5.11 Å². The molecule has 0 aliphatic carbocycles. The molecule has 0 aliphatic heterocycles. The Balaban J connectivity index is 2.48. The third kappa shape index (κ3) is 3.08. The summed E-state index contributed by atoms with van der Waals surface area (Å²) in [5, 5.41) is 12.4. The van der Waals surface area contributed by atoms with E-state index in [0.29, 0.717) is 0 Å². The van der Waals surface area contributed by atoms with Gasteiger partial charge in [-0.15, -0.1) is 11.3 Å². The molecule has 1 heterocycles. The van der Waals surface area contributed by atoms with Crippen LogP contribution in [0.1, 0.15) is 28.7 Å². The fourth-order valence-electron chi connectivity index (χ4n) is 1.45. The van der Waals surface area contributed by atoms with Gasteiger partial charge in [-0.05, 0) is 31.9 Å². The number of aryl methyl sites for hydroxylation is 2. The molecule has 1 rings (SSSR count). The van der Waals surface area contributed by atoms with E-state index in [2.05, 4.69) is 32.2 Å². The van der Waals surface area contributed by atoms with Crippen molar-refractivity contribution in [1.82, 2.24) is 5.32 Å². The summed E-state index contributed by atoms with van der Waals surface area (Å²) in [6.07, 6.45) is 0.971. The smallest absolute Gasteiger partial charge is 0.0584 e. The largest absolute Gasteiger partial charge is 0.395 e. The normalized spacial score (nSPS) is 13.1. The Hall–Kier alpha value is -0.380. The molecule has 1 aromatic heterocycles. The van der Waals surface area contributed by atoms with Crippen LogP contribution in [0.15, 0.2) is 6.07 Å². The summed E-state index contributed by atoms with van der Waals surface area (Å²) in [4.78, 5) is 2.74. The maximum Gasteiger partial charge on any atom is 0.0584 e. The highest BCUT2D eigenvalue weighted by Gasteiger charge is 2.06. The van der Waals surface area contributed by atoms with Crippen molar-refractivity contribution in [3.63, 3.8) is 0 Å². The van der Waals surface area contributed by atoms with Gasteiger partial charge in [-0.1, -0.05) is 6.92 Å². The summed E-state index contributed by atoms with van der Waals surface area (Å²) < 4.78 is 0. The summed E-state index contributed by atoms with van der Waals surface area (Å²) in [6.45, 7) is 7.45. The van der Waals surface area contributed by atoms with E-state index in [0.717, 1.165) is 13.0 Å². The topological polar surface area (TPSA) is 32.3 Å². The van der Waals surface area contributed by atoms with Crippen molar-refractivity contribution in [1.29, 1.82) is 0 Å². The Morgan fingerprint density at radius 3 is 2.64 bits per heavy atom. The van der Waals surface area contributed by atoms with Gasteiger partial charge >= 0.3 is 0 Å². The number of aliphatic hydroxyl groups is 1. The van der Waals surface area contributed by atoms with Gasteiger partial charge in [0.05, 0.1) is 6.61 Å². The maximum atomic E-state index is 9.02. The third-order valence-electron chi connectivity index (χ3n) is 2.44. The number of nitrogens with one attached hydrogen (secondary N) is 1. The van der Waals surface area contributed by atoms with Crippen molar-refractivity contribution < 1.29 is 5.11 Å². The molecule has 0 amide bonds. The molecule has 0 saturated heterocycles. The van der Waals surface area contributed by atoms with Crippen molar-refractivity contribution in [3.05, 3.63) is 21.4 Å². The quantitative estimate of drug-likeness (QED) is 0.786. The fourth-order valence-corrected chi connectivity index (χ4v) is 2.40. The Morgan fingerprint density at radius 2 is 2.21 bits per heavy atom. The van der Waals surface area contributed by atoms with Crippen LogP contribution in [0.25, 0.3) is 0 Å².